The average molecular weight is 391 g/mol. The predicted octanol–water partition coefficient (Wildman–Crippen LogP) is 4.10. The normalized spacial score (nSPS) is 12.3. The number of halogens is 4. The van der Waals surface area contributed by atoms with Crippen LogP contribution in [-0.2, 0) is 16.2 Å². The van der Waals surface area contributed by atoms with Crippen molar-refractivity contribution < 1.29 is 26.0 Å². The van der Waals surface area contributed by atoms with E-state index in [1.165, 1.54) is 24.3 Å². The van der Waals surface area contributed by atoms with Gasteiger partial charge in [-0.25, -0.2) is 12.8 Å². The first-order valence-electron chi connectivity index (χ1n) is 6.66. The van der Waals surface area contributed by atoms with Crippen LogP contribution in [0.1, 0.15) is 5.69 Å². The van der Waals surface area contributed by atoms with Crippen molar-refractivity contribution in [1.82, 2.24) is 10.2 Å². The van der Waals surface area contributed by atoms with Gasteiger partial charge in [0.1, 0.15) is 21.4 Å². The summed E-state index contributed by atoms with van der Waals surface area (Å²) in [5.41, 5.74) is -0.874. The van der Waals surface area contributed by atoms with Gasteiger partial charge in [-0.3, -0.25) is 9.82 Å². The van der Waals surface area contributed by atoms with E-state index in [0.717, 1.165) is 29.5 Å². The van der Waals surface area contributed by atoms with E-state index in [1.54, 1.807) is 0 Å². The third kappa shape index (κ3) is 3.82. The Labute approximate surface area is 143 Å². The summed E-state index contributed by atoms with van der Waals surface area (Å²) in [7, 11) is -3.95. The highest BCUT2D eigenvalue weighted by Crippen LogP contribution is 2.34. The number of anilines is 1. The molecule has 132 valence electrons. The second kappa shape index (κ2) is 6.15. The van der Waals surface area contributed by atoms with Gasteiger partial charge in [-0.05, 0) is 42.5 Å². The Kier molecular flexibility index (Phi) is 4.29. The Morgan fingerprint density at radius 2 is 1.76 bits per heavy atom. The highest BCUT2D eigenvalue weighted by Gasteiger charge is 2.33. The fraction of sp³-hybridized carbons (Fsp3) is 0.0714. The van der Waals surface area contributed by atoms with E-state index in [1.807, 2.05) is 5.10 Å². The topological polar surface area (TPSA) is 74.8 Å². The second-order valence-corrected chi connectivity index (χ2v) is 7.89. The van der Waals surface area contributed by atoms with Gasteiger partial charge in [0.25, 0.3) is 10.0 Å². The summed E-state index contributed by atoms with van der Waals surface area (Å²) < 4.78 is 77.3. The van der Waals surface area contributed by atoms with Gasteiger partial charge in [-0.2, -0.15) is 18.3 Å². The molecule has 2 aromatic heterocycles. The number of H-pyrrole nitrogens is 1. The van der Waals surface area contributed by atoms with Crippen molar-refractivity contribution in [1.29, 1.82) is 0 Å². The van der Waals surface area contributed by atoms with Crippen molar-refractivity contribution in [3.05, 3.63) is 54.0 Å². The van der Waals surface area contributed by atoms with Gasteiger partial charge in [0.05, 0.1) is 4.88 Å². The largest absolute Gasteiger partial charge is 0.432 e. The quantitative estimate of drug-likeness (QED) is 0.658. The highest BCUT2D eigenvalue weighted by atomic mass is 32.2. The van der Waals surface area contributed by atoms with Gasteiger partial charge >= 0.3 is 6.18 Å². The van der Waals surface area contributed by atoms with Crippen molar-refractivity contribution in [2.45, 2.75) is 10.4 Å². The third-order valence-electron chi connectivity index (χ3n) is 3.08. The summed E-state index contributed by atoms with van der Waals surface area (Å²) in [6.45, 7) is 0. The minimum absolute atomic E-state index is 0.0134. The summed E-state index contributed by atoms with van der Waals surface area (Å²) in [4.78, 5) is 0.256. The Bertz CT molecular complexity index is 992. The van der Waals surface area contributed by atoms with Crippen LogP contribution in [0.25, 0.3) is 10.6 Å². The number of thiophene rings is 1. The van der Waals surface area contributed by atoms with Crippen molar-refractivity contribution in [3.8, 4) is 10.6 Å². The van der Waals surface area contributed by atoms with Gasteiger partial charge < -0.3 is 0 Å². The molecule has 1 aromatic carbocycles. The van der Waals surface area contributed by atoms with E-state index >= 15 is 0 Å². The number of aromatic nitrogens is 2. The second-order valence-electron chi connectivity index (χ2n) is 4.90. The predicted molar refractivity (Wildman–Crippen MR) is 84.1 cm³/mol. The number of alkyl halides is 3. The third-order valence-corrected chi connectivity index (χ3v) is 6.06. The maximum absolute atomic E-state index is 12.9. The van der Waals surface area contributed by atoms with Gasteiger partial charge in [0.2, 0.25) is 0 Å². The van der Waals surface area contributed by atoms with Gasteiger partial charge in [0.15, 0.2) is 0 Å². The standard InChI is InChI=1S/C14H9F4N3O2S2/c15-8-1-3-9(4-2-8)21-25(22,23)13-6-5-11(24-13)10-7-12(20-19-10)14(16,17)18/h1-7,21H,(H,19,20). The van der Waals surface area contributed by atoms with E-state index in [-0.39, 0.29) is 20.5 Å². The highest BCUT2D eigenvalue weighted by molar-refractivity contribution is 7.94. The molecule has 3 rings (SSSR count). The lowest BCUT2D eigenvalue weighted by atomic mass is 10.3. The lowest BCUT2D eigenvalue weighted by molar-refractivity contribution is -0.141. The molecule has 0 fully saturated rings. The molecule has 3 aromatic rings. The van der Waals surface area contributed by atoms with Crippen molar-refractivity contribution in [3.63, 3.8) is 0 Å². The van der Waals surface area contributed by atoms with E-state index < -0.39 is 27.7 Å². The molecular weight excluding hydrogens is 382 g/mol. The molecule has 0 atom stereocenters. The molecule has 0 unspecified atom stereocenters. The Morgan fingerprint density at radius 3 is 2.36 bits per heavy atom. The fourth-order valence-electron chi connectivity index (χ4n) is 1.92. The van der Waals surface area contributed by atoms with Crippen molar-refractivity contribution in [2.24, 2.45) is 0 Å². The molecule has 2 heterocycles. The Balaban J connectivity index is 1.85. The summed E-state index contributed by atoms with van der Waals surface area (Å²) in [6, 6.07) is 8.12. The molecule has 25 heavy (non-hydrogen) atoms. The van der Waals surface area contributed by atoms with Gasteiger partial charge in [0, 0.05) is 5.69 Å². The van der Waals surface area contributed by atoms with Crippen LogP contribution >= 0.6 is 11.3 Å². The van der Waals surface area contributed by atoms with Crippen LogP contribution in [0.15, 0.2) is 46.7 Å². The molecule has 0 aliphatic heterocycles. The minimum atomic E-state index is -4.57. The lowest BCUT2D eigenvalue weighted by Gasteiger charge is -2.05. The van der Waals surface area contributed by atoms with Crippen LogP contribution in [0.5, 0.6) is 0 Å². The first kappa shape index (κ1) is 17.4. The molecule has 5 nitrogen and oxygen atoms in total. The molecule has 0 aliphatic rings. The molecule has 0 amide bonds. The first-order chi connectivity index (χ1) is 11.6. The number of nitrogens with zero attached hydrogens (tertiary/aromatic N) is 1. The fourth-order valence-corrected chi connectivity index (χ4v) is 4.24. The smallest absolute Gasteiger partial charge is 0.279 e. The molecule has 0 bridgehead atoms. The van der Waals surface area contributed by atoms with Crippen molar-refractivity contribution in [2.75, 3.05) is 4.72 Å². The van der Waals surface area contributed by atoms with Crippen LogP contribution in [0, 0.1) is 5.82 Å². The van der Waals surface area contributed by atoms with E-state index in [2.05, 4.69) is 9.82 Å². The van der Waals surface area contributed by atoms with Crippen LogP contribution in [-0.4, -0.2) is 18.6 Å². The zero-order valence-corrected chi connectivity index (χ0v) is 13.8. The van der Waals surface area contributed by atoms with Gasteiger partial charge in [-0.1, -0.05) is 0 Å². The van der Waals surface area contributed by atoms with Crippen LogP contribution in [0.3, 0.4) is 0 Å². The molecule has 2 N–H and O–H groups in total. The SMILES string of the molecule is O=S(=O)(Nc1ccc(F)cc1)c1ccc(-c2cc(C(F)(F)F)[nH]n2)s1. The van der Waals surface area contributed by atoms with E-state index in [0.29, 0.717) is 0 Å². The number of hydrogen-bond donors (Lipinski definition) is 2. The number of sulfonamides is 1. The first-order valence-corrected chi connectivity index (χ1v) is 8.96. The Hall–Kier alpha value is -2.40. The molecule has 0 spiro atoms. The number of benzene rings is 1. The number of hydrogen-bond acceptors (Lipinski definition) is 4. The van der Waals surface area contributed by atoms with Gasteiger partial charge in [-0.15, -0.1) is 11.3 Å². The maximum Gasteiger partial charge on any atom is 0.432 e. The number of aromatic amines is 1. The molecule has 0 aliphatic carbocycles. The molecule has 0 saturated heterocycles. The number of nitrogens with one attached hydrogen (secondary N) is 2. The zero-order valence-electron chi connectivity index (χ0n) is 12.1. The molecule has 11 heteroatoms. The summed E-state index contributed by atoms with van der Waals surface area (Å²) in [6.07, 6.45) is -4.57. The lowest BCUT2D eigenvalue weighted by Crippen LogP contribution is -2.11. The summed E-state index contributed by atoms with van der Waals surface area (Å²) >= 11 is 0.765. The maximum atomic E-state index is 12.9. The monoisotopic (exact) mass is 391 g/mol. The zero-order chi connectivity index (χ0) is 18.2. The van der Waals surface area contributed by atoms with E-state index in [9.17, 15) is 26.0 Å². The van der Waals surface area contributed by atoms with E-state index in [4.69, 9.17) is 0 Å². The molecule has 0 radical (unpaired) electrons. The summed E-state index contributed by atoms with van der Waals surface area (Å²) in [5.74, 6) is -0.514. The average Bonchev–Trinajstić information content (AvgIpc) is 3.17. The van der Waals surface area contributed by atoms with Crippen LogP contribution < -0.4 is 4.72 Å². The van der Waals surface area contributed by atoms with Crippen molar-refractivity contribution >= 4 is 27.0 Å². The summed E-state index contributed by atoms with van der Waals surface area (Å²) in [5, 5.41) is 5.42. The molecular formula is C14H9F4N3O2S2. The van der Waals surface area contributed by atoms with Crippen LogP contribution in [0.4, 0.5) is 23.2 Å². The van der Waals surface area contributed by atoms with Crippen LogP contribution in [0.2, 0.25) is 0 Å². The minimum Gasteiger partial charge on any atom is -0.279 e. The Morgan fingerprint density at radius 1 is 1.08 bits per heavy atom. The number of rotatable bonds is 4. The molecule has 0 saturated carbocycles.